The van der Waals surface area contributed by atoms with E-state index in [0.29, 0.717) is 0 Å². The third-order valence-electron chi connectivity index (χ3n) is 6.86. The maximum atomic E-state index is 13.3. The number of hydrogen-bond donors (Lipinski definition) is 1. The van der Waals surface area contributed by atoms with E-state index in [-0.39, 0.29) is 37.2 Å². The van der Waals surface area contributed by atoms with Crippen LogP contribution in [0.2, 0.25) is 18.1 Å². The van der Waals surface area contributed by atoms with Gasteiger partial charge in [0.15, 0.2) is 13.3 Å². The summed E-state index contributed by atoms with van der Waals surface area (Å²) in [5.74, 6) is 0. The summed E-state index contributed by atoms with van der Waals surface area (Å²) in [5, 5.41) is -0.0491. The molecule has 0 aromatic carbocycles. The van der Waals surface area contributed by atoms with Crippen molar-refractivity contribution >= 4 is 26.0 Å². The Balaban J connectivity index is 5.85. The van der Waals surface area contributed by atoms with E-state index in [2.05, 4.69) is 79.8 Å². The summed E-state index contributed by atoms with van der Waals surface area (Å²) in [6, 6.07) is 0. The Hall–Kier alpha value is -0.543. The molecule has 0 heterocycles. The molecule has 10 heteroatoms. The lowest BCUT2D eigenvalue weighted by atomic mass is 10.0. The molecule has 0 aromatic heterocycles. The van der Waals surface area contributed by atoms with Crippen LogP contribution in [0.5, 0.6) is 0 Å². The molecule has 0 spiro atoms. The summed E-state index contributed by atoms with van der Waals surface area (Å²) in [6.45, 7) is 22.4. The topological polar surface area (TPSA) is 99.1 Å². The molecule has 0 saturated heterocycles. The smallest absolute Gasteiger partial charge is 0.351 e. The lowest BCUT2D eigenvalue weighted by Gasteiger charge is -2.39. The van der Waals surface area contributed by atoms with E-state index in [1.54, 1.807) is 13.8 Å². The predicted octanol–water partition coefficient (Wildman–Crippen LogP) is 9.06. The van der Waals surface area contributed by atoms with E-state index < -0.39 is 31.0 Å². The van der Waals surface area contributed by atoms with E-state index >= 15 is 0 Å². The minimum Gasteiger partial charge on any atom is -0.411 e. The van der Waals surface area contributed by atoms with Gasteiger partial charge in [-0.2, -0.15) is 8.42 Å². The number of rotatable bonds is 18. The molecule has 0 fully saturated rings. The first-order chi connectivity index (χ1) is 17.3. The molecule has 2 unspecified atom stereocenters. The van der Waals surface area contributed by atoms with Crippen LogP contribution in [0.25, 0.3) is 0 Å². The molecule has 0 amide bonds. The molecule has 38 heavy (non-hydrogen) atoms. The second-order valence-corrected chi connectivity index (χ2v) is 20.7. The molecule has 0 aliphatic heterocycles. The largest absolute Gasteiger partial charge is 0.411 e. The number of allylic oxidation sites excluding steroid dienone is 5. The van der Waals surface area contributed by atoms with Gasteiger partial charge < -0.3 is 13.5 Å². The van der Waals surface area contributed by atoms with Gasteiger partial charge in [0.2, 0.25) is 0 Å². The highest BCUT2D eigenvalue weighted by Crippen LogP contribution is 2.56. The maximum Gasteiger partial charge on any atom is 0.351 e. The summed E-state index contributed by atoms with van der Waals surface area (Å²) in [5.41, 5.74) is 3.84. The van der Waals surface area contributed by atoms with Crippen molar-refractivity contribution in [3.8, 4) is 0 Å². The molecule has 0 saturated carbocycles. The van der Waals surface area contributed by atoms with Crippen molar-refractivity contribution in [3.63, 3.8) is 0 Å². The Labute approximate surface area is 234 Å². The predicted molar refractivity (Wildman–Crippen MR) is 163 cm³/mol. The molecule has 0 radical (unpaired) electrons. The molecule has 0 aliphatic rings. The summed E-state index contributed by atoms with van der Waals surface area (Å²) in [7, 11) is -11.0. The van der Waals surface area contributed by atoms with E-state index in [4.69, 9.17) is 13.5 Å². The van der Waals surface area contributed by atoms with Gasteiger partial charge in [-0.05, 0) is 98.2 Å². The maximum absolute atomic E-state index is 13.3. The Morgan fingerprint density at radius 2 is 1.42 bits per heavy atom. The third-order valence-corrected chi connectivity index (χ3v) is 16.1. The first-order valence-corrected chi connectivity index (χ1v) is 19.8. The van der Waals surface area contributed by atoms with Crippen LogP contribution >= 0.6 is 7.60 Å². The van der Waals surface area contributed by atoms with Crippen molar-refractivity contribution < 1.29 is 31.0 Å². The molecular formula is C28H55O7PSSi. The quantitative estimate of drug-likeness (QED) is 0.0731. The molecular weight excluding hydrogens is 539 g/mol. The van der Waals surface area contributed by atoms with E-state index in [1.165, 1.54) is 11.1 Å². The van der Waals surface area contributed by atoms with Gasteiger partial charge >= 0.3 is 7.60 Å². The Morgan fingerprint density at radius 1 is 0.921 bits per heavy atom. The van der Waals surface area contributed by atoms with Crippen LogP contribution in [0.1, 0.15) is 101 Å². The van der Waals surface area contributed by atoms with Gasteiger partial charge in [0, 0.05) is 0 Å². The first-order valence-electron chi connectivity index (χ1n) is 13.8. The molecule has 224 valence electrons. The Bertz CT molecular complexity index is 948. The van der Waals surface area contributed by atoms with Gasteiger partial charge in [-0.25, -0.2) is 0 Å². The molecule has 7 nitrogen and oxygen atoms in total. The van der Waals surface area contributed by atoms with Crippen molar-refractivity contribution in [2.45, 2.75) is 130 Å². The average molecular weight is 595 g/mol. The molecule has 0 aromatic rings. The van der Waals surface area contributed by atoms with Crippen LogP contribution in [-0.2, 0) is 28.2 Å². The first kappa shape index (κ1) is 37.5. The number of hydrogen-bond acceptors (Lipinski definition) is 6. The van der Waals surface area contributed by atoms with Crippen LogP contribution in [0.3, 0.4) is 0 Å². The monoisotopic (exact) mass is 594 g/mol. The molecule has 0 aliphatic carbocycles. The third kappa shape index (κ3) is 14.2. The van der Waals surface area contributed by atoms with Crippen LogP contribution in [0, 0.1) is 0 Å². The summed E-state index contributed by atoms with van der Waals surface area (Å²) in [4.78, 5) is -1.67. The van der Waals surface area contributed by atoms with E-state index in [1.807, 2.05) is 0 Å². The zero-order valence-electron chi connectivity index (χ0n) is 25.8. The fraction of sp³-hybridized carbons (Fsp3) is 0.786. The zero-order valence-corrected chi connectivity index (χ0v) is 28.5. The fourth-order valence-corrected chi connectivity index (χ4v) is 8.70. The highest BCUT2D eigenvalue weighted by atomic mass is 32.2. The van der Waals surface area contributed by atoms with Gasteiger partial charge in [0.05, 0.1) is 19.3 Å². The highest BCUT2D eigenvalue weighted by molar-refractivity contribution is 7.94. The second kappa shape index (κ2) is 16.7. The minimum atomic E-state index is -4.69. The van der Waals surface area contributed by atoms with Crippen LogP contribution in [0.4, 0.5) is 0 Å². The molecule has 0 rings (SSSR count). The van der Waals surface area contributed by atoms with E-state index in [0.717, 1.165) is 31.3 Å². The second-order valence-electron chi connectivity index (χ2n) is 11.8. The standard InChI is InChI=1S/C28H55O7PSSi/c1-12-33-36(29,34-13-2)27(37(30,31)32)21-20-26(35-38(10,11)28(7,8)9)22-25(6)19-15-18-24(5)17-14-16-23(3)4/h16,18,22,26-27H,12-15,17,19-21H2,1-11H3,(H,30,31,32)/b24-18+,25-22+. The lowest BCUT2D eigenvalue weighted by Crippen LogP contribution is -2.43. The SMILES string of the molecule is CCOP(=O)(OCC)C(CCC(/C=C(\C)CC/C=C(\C)CCC=C(C)C)O[Si](C)(C)C(C)(C)C)S(=O)(=O)O. The van der Waals surface area contributed by atoms with Crippen LogP contribution < -0.4 is 0 Å². The summed E-state index contributed by atoms with van der Waals surface area (Å²) >= 11 is 0. The fourth-order valence-electron chi connectivity index (χ4n) is 3.71. The van der Waals surface area contributed by atoms with Crippen molar-refractivity contribution in [1.82, 2.24) is 0 Å². The average Bonchev–Trinajstić information content (AvgIpc) is 2.71. The Morgan fingerprint density at radius 3 is 1.87 bits per heavy atom. The van der Waals surface area contributed by atoms with Gasteiger partial charge in [-0.1, -0.05) is 55.7 Å². The zero-order chi connectivity index (χ0) is 29.8. The van der Waals surface area contributed by atoms with Crippen molar-refractivity contribution in [2.75, 3.05) is 13.2 Å². The summed E-state index contributed by atoms with van der Waals surface area (Å²) in [6.07, 6.45) is 10.2. The van der Waals surface area contributed by atoms with Gasteiger partial charge in [0.1, 0.15) is 0 Å². The van der Waals surface area contributed by atoms with Crippen molar-refractivity contribution in [2.24, 2.45) is 0 Å². The van der Waals surface area contributed by atoms with Gasteiger partial charge in [-0.15, -0.1) is 0 Å². The molecule has 0 bridgehead atoms. The van der Waals surface area contributed by atoms with Crippen LogP contribution in [0.15, 0.2) is 34.9 Å². The van der Waals surface area contributed by atoms with E-state index in [9.17, 15) is 17.5 Å². The Kier molecular flexibility index (Phi) is 16.4. The summed E-state index contributed by atoms with van der Waals surface area (Å²) < 4.78 is 65.1. The van der Waals surface area contributed by atoms with Gasteiger partial charge in [-0.3, -0.25) is 9.12 Å². The lowest BCUT2D eigenvalue weighted by molar-refractivity contribution is 0.201. The normalized spacial score (nSPS) is 15.9. The van der Waals surface area contributed by atoms with Crippen molar-refractivity contribution in [3.05, 3.63) is 34.9 Å². The van der Waals surface area contributed by atoms with Crippen molar-refractivity contribution in [1.29, 1.82) is 0 Å². The molecule has 2 atom stereocenters. The van der Waals surface area contributed by atoms with Gasteiger partial charge in [0.25, 0.3) is 10.1 Å². The van der Waals surface area contributed by atoms with Crippen LogP contribution in [-0.4, -0.2) is 45.6 Å². The molecule has 1 N–H and O–H groups in total. The minimum absolute atomic E-state index is 0.00742. The highest BCUT2D eigenvalue weighted by Gasteiger charge is 2.45.